The molecule has 0 saturated heterocycles. The maximum absolute atomic E-state index is 12.9. The van der Waals surface area contributed by atoms with Gasteiger partial charge in [-0.25, -0.2) is 8.42 Å². The Bertz CT molecular complexity index is 792. The molecule has 0 atom stereocenters. The van der Waals surface area contributed by atoms with Gasteiger partial charge in [0.1, 0.15) is 4.90 Å². The molecule has 0 unspecified atom stereocenters. The largest absolute Gasteiger partial charge is 0.418 e. The van der Waals surface area contributed by atoms with Gasteiger partial charge in [-0.15, -0.1) is 0 Å². The molecule has 6 nitrogen and oxygen atoms in total. The molecule has 1 aromatic carbocycles. The highest BCUT2D eigenvalue weighted by atomic mass is 32.2. The molecule has 0 aliphatic heterocycles. The van der Waals surface area contributed by atoms with E-state index in [2.05, 4.69) is 10.2 Å². The van der Waals surface area contributed by atoms with Crippen LogP contribution in [0.15, 0.2) is 35.5 Å². The van der Waals surface area contributed by atoms with Crippen molar-refractivity contribution < 1.29 is 21.6 Å². The monoisotopic (exact) mass is 316 g/mol. The van der Waals surface area contributed by atoms with Gasteiger partial charge < -0.3 is 0 Å². The number of hydrogen-bond donors (Lipinski definition) is 2. The number of alkyl halides is 3. The summed E-state index contributed by atoms with van der Waals surface area (Å²) in [5.41, 5.74) is -2.13. The predicted molar refractivity (Wildman–Crippen MR) is 65.6 cm³/mol. The Labute approximate surface area is 117 Å². The molecule has 0 fully saturated rings. The molecule has 110 valence electrons. The van der Waals surface area contributed by atoms with Crippen molar-refractivity contribution in [1.29, 1.82) is 5.26 Å². The van der Waals surface area contributed by atoms with E-state index in [4.69, 9.17) is 5.26 Å². The predicted octanol–water partition coefficient (Wildman–Crippen LogP) is 2.10. The number of hydrogen-bond acceptors (Lipinski definition) is 4. The number of nitrogens with one attached hydrogen (secondary N) is 2. The Balaban J connectivity index is 2.48. The first-order valence-electron chi connectivity index (χ1n) is 5.37. The maximum Gasteiger partial charge on any atom is 0.418 e. The van der Waals surface area contributed by atoms with Gasteiger partial charge in [-0.3, -0.25) is 9.82 Å². The van der Waals surface area contributed by atoms with Crippen LogP contribution in [0.2, 0.25) is 0 Å². The molecule has 0 spiro atoms. The summed E-state index contributed by atoms with van der Waals surface area (Å²) < 4.78 is 64.4. The molecule has 0 radical (unpaired) electrons. The van der Waals surface area contributed by atoms with Crippen molar-refractivity contribution in [2.75, 3.05) is 4.72 Å². The highest BCUT2D eigenvalue weighted by Crippen LogP contribution is 2.36. The first-order chi connectivity index (χ1) is 9.74. The Morgan fingerprint density at radius 3 is 2.57 bits per heavy atom. The zero-order valence-electron chi connectivity index (χ0n) is 10.1. The second kappa shape index (κ2) is 5.10. The van der Waals surface area contributed by atoms with Gasteiger partial charge in [0.2, 0.25) is 0 Å². The van der Waals surface area contributed by atoms with Crippen molar-refractivity contribution in [3.8, 4) is 6.07 Å². The standard InChI is InChI=1S/C11H7F3N4O2S/c12-11(13,14)9-3-7(4-15)1-2-10(9)18-21(19,20)8-5-16-17-6-8/h1-3,5-6,18H,(H,16,17). The second-order valence-electron chi connectivity index (χ2n) is 3.91. The highest BCUT2D eigenvalue weighted by Gasteiger charge is 2.35. The summed E-state index contributed by atoms with van der Waals surface area (Å²) in [6.45, 7) is 0. The maximum atomic E-state index is 12.9. The van der Waals surface area contributed by atoms with Gasteiger partial charge in [0, 0.05) is 6.20 Å². The van der Waals surface area contributed by atoms with Gasteiger partial charge in [-0.05, 0) is 18.2 Å². The van der Waals surface area contributed by atoms with Gasteiger partial charge in [0.15, 0.2) is 0 Å². The van der Waals surface area contributed by atoms with E-state index in [1.165, 1.54) is 0 Å². The first-order valence-corrected chi connectivity index (χ1v) is 6.85. The first kappa shape index (κ1) is 14.9. The number of H-pyrrole nitrogens is 1. The lowest BCUT2D eigenvalue weighted by atomic mass is 10.1. The number of rotatable bonds is 3. The molecule has 10 heteroatoms. The lowest BCUT2D eigenvalue weighted by molar-refractivity contribution is -0.136. The van der Waals surface area contributed by atoms with Crippen molar-refractivity contribution in [3.63, 3.8) is 0 Å². The van der Waals surface area contributed by atoms with Crippen molar-refractivity contribution >= 4 is 15.7 Å². The summed E-state index contributed by atoms with van der Waals surface area (Å²) in [7, 11) is -4.20. The van der Waals surface area contributed by atoms with Crippen LogP contribution in [-0.4, -0.2) is 18.6 Å². The third-order valence-corrected chi connectivity index (χ3v) is 3.81. The minimum Gasteiger partial charge on any atom is -0.284 e. The van der Waals surface area contributed by atoms with Crippen LogP contribution in [0, 0.1) is 11.3 Å². The molecular weight excluding hydrogens is 309 g/mol. The van der Waals surface area contributed by atoms with Crippen LogP contribution < -0.4 is 4.72 Å². The van der Waals surface area contributed by atoms with Crippen LogP contribution in [-0.2, 0) is 16.2 Å². The van der Waals surface area contributed by atoms with Crippen LogP contribution in [0.5, 0.6) is 0 Å². The molecule has 2 N–H and O–H groups in total. The molecule has 0 aliphatic carbocycles. The van der Waals surface area contributed by atoms with Gasteiger partial charge in [-0.2, -0.15) is 23.5 Å². The van der Waals surface area contributed by atoms with Crippen molar-refractivity contribution in [2.45, 2.75) is 11.1 Å². The molecule has 2 aromatic rings. The van der Waals surface area contributed by atoms with E-state index in [-0.39, 0.29) is 10.5 Å². The summed E-state index contributed by atoms with van der Waals surface area (Å²) in [4.78, 5) is -0.306. The number of nitriles is 1. The van der Waals surface area contributed by atoms with Crippen molar-refractivity contribution in [2.24, 2.45) is 0 Å². The zero-order valence-corrected chi connectivity index (χ0v) is 11.0. The van der Waals surface area contributed by atoms with E-state index in [1.807, 2.05) is 4.72 Å². The second-order valence-corrected chi connectivity index (χ2v) is 5.59. The number of aromatic nitrogens is 2. The average Bonchev–Trinajstić information content (AvgIpc) is 2.92. The van der Waals surface area contributed by atoms with E-state index in [0.717, 1.165) is 24.5 Å². The molecule has 0 aliphatic rings. The zero-order chi connectivity index (χ0) is 15.7. The minimum absolute atomic E-state index is 0.228. The Morgan fingerprint density at radius 1 is 1.33 bits per heavy atom. The third-order valence-electron chi connectivity index (χ3n) is 2.48. The smallest absolute Gasteiger partial charge is 0.284 e. The van der Waals surface area contributed by atoms with Crippen molar-refractivity contribution in [3.05, 3.63) is 41.7 Å². The Morgan fingerprint density at radius 2 is 2.05 bits per heavy atom. The third kappa shape index (κ3) is 3.14. The molecule has 2 rings (SSSR count). The Kier molecular flexibility index (Phi) is 3.61. The summed E-state index contributed by atoms with van der Waals surface area (Å²) in [5, 5.41) is 14.3. The van der Waals surface area contributed by atoms with Crippen molar-refractivity contribution in [1.82, 2.24) is 10.2 Å². The van der Waals surface area contributed by atoms with E-state index in [9.17, 15) is 21.6 Å². The SMILES string of the molecule is N#Cc1ccc(NS(=O)(=O)c2cn[nH]c2)c(C(F)(F)F)c1. The number of benzene rings is 1. The van der Waals surface area contributed by atoms with E-state index in [0.29, 0.717) is 6.07 Å². The van der Waals surface area contributed by atoms with Crippen LogP contribution in [0.1, 0.15) is 11.1 Å². The summed E-state index contributed by atoms with van der Waals surface area (Å²) >= 11 is 0. The number of anilines is 1. The fourth-order valence-corrected chi connectivity index (χ4v) is 2.51. The molecular formula is C11H7F3N4O2S. The topological polar surface area (TPSA) is 98.6 Å². The van der Waals surface area contributed by atoms with Gasteiger partial charge >= 0.3 is 6.18 Å². The molecule has 21 heavy (non-hydrogen) atoms. The van der Waals surface area contributed by atoms with E-state index in [1.54, 1.807) is 6.07 Å². The molecule has 0 saturated carbocycles. The number of sulfonamides is 1. The van der Waals surface area contributed by atoms with Crippen LogP contribution in [0.4, 0.5) is 18.9 Å². The molecule has 1 aromatic heterocycles. The minimum atomic E-state index is -4.80. The molecule has 0 bridgehead atoms. The Hall–Kier alpha value is -2.54. The van der Waals surface area contributed by atoms with Gasteiger partial charge in [0.05, 0.1) is 29.1 Å². The molecule has 0 amide bonds. The number of halogens is 3. The highest BCUT2D eigenvalue weighted by molar-refractivity contribution is 7.92. The normalized spacial score (nSPS) is 11.9. The van der Waals surface area contributed by atoms with Crippen LogP contribution in [0.25, 0.3) is 0 Å². The fourth-order valence-electron chi connectivity index (χ4n) is 1.53. The van der Waals surface area contributed by atoms with Gasteiger partial charge in [0.25, 0.3) is 10.0 Å². The summed E-state index contributed by atoms with van der Waals surface area (Å²) in [6.07, 6.45) is -2.82. The lowest BCUT2D eigenvalue weighted by Crippen LogP contribution is -2.17. The summed E-state index contributed by atoms with van der Waals surface area (Å²) in [5.74, 6) is 0. The molecule has 1 heterocycles. The van der Waals surface area contributed by atoms with E-state index >= 15 is 0 Å². The van der Waals surface area contributed by atoms with Crippen LogP contribution in [0.3, 0.4) is 0 Å². The van der Waals surface area contributed by atoms with E-state index < -0.39 is 27.5 Å². The lowest BCUT2D eigenvalue weighted by Gasteiger charge is -2.14. The summed E-state index contributed by atoms with van der Waals surface area (Å²) in [6, 6.07) is 4.12. The van der Waals surface area contributed by atoms with Gasteiger partial charge in [-0.1, -0.05) is 0 Å². The number of nitrogens with zero attached hydrogens (tertiary/aromatic N) is 2. The number of aromatic amines is 1. The van der Waals surface area contributed by atoms with Crippen LogP contribution >= 0.6 is 0 Å². The average molecular weight is 316 g/mol. The fraction of sp³-hybridized carbons (Fsp3) is 0.0909. The quantitative estimate of drug-likeness (QED) is 0.906.